The van der Waals surface area contributed by atoms with Crippen molar-refractivity contribution < 1.29 is 31.3 Å². The Morgan fingerprint density at radius 1 is 1.04 bits per heavy atom. The number of nitrogens with zero attached hydrogens (tertiary/aromatic N) is 1. The molecule has 0 aliphatic carbocycles. The number of hydrogen-bond acceptors (Lipinski definition) is 3. The molecule has 1 N–H and O–H groups in total. The highest BCUT2D eigenvalue weighted by molar-refractivity contribution is 6.00. The molecule has 2 heterocycles. The van der Waals surface area contributed by atoms with Crippen LogP contribution in [0.15, 0.2) is 73.1 Å². The van der Waals surface area contributed by atoms with Crippen molar-refractivity contribution in [1.82, 2.24) is 0 Å². The molecule has 27 heavy (non-hydrogen) atoms. The summed E-state index contributed by atoms with van der Waals surface area (Å²) < 4.78 is 7.19. The number of benzene rings is 2. The van der Waals surface area contributed by atoms with Crippen LogP contribution in [0.1, 0.15) is 10.4 Å². The number of halogens is 1. The Bertz CT molecular complexity index is 990. The van der Waals surface area contributed by atoms with E-state index in [-0.39, 0.29) is 37.2 Å². The fourth-order valence-corrected chi connectivity index (χ4v) is 2.94. The second-order valence-electron chi connectivity index (χ2n) is 6.10. The molecule has 0 atom stereocenters. The third-order valence-electron chi connectivity index (χ3n) is 4.23. The topological polar surface area (TPSA) is 59.3 Å². The molecule has 0 saturated heterocycles. The lowest BCUT2D eigenvalue weighted by molar-refractivity contribution is -0.682. The molecule has 1 aromatic heterocycles. The predicted octanol–water partition coefficient (Wildman–Crippen LogP) is -0.141. The lowest BCUT2D eigenvalue weighted by Gasteiger charge is -2.18. The van der Waals surface area contributed by atoms with Crippen molar-refractivity contribution in [1.29, 1.82) is 0 Å². The number of pyridine rings is 1. The van der Waals surface area contributed by atoms with E-state index in [0.29, 0.717) is 17.0 Å². The van der Waals surface area contributed by atoms with E-state index >= 15 is 0 Å². The van der Waals surface area contributed by atoms with Crippen molar-refractivity contribution in [2.24, 2.45) is 0 Å². The minimum atomic E-state index is -0.216. The molecule has 0 saturated carbocycles. The molecule has 4 rings (SSSR count). The number of rotatable bonds is 4. The third-order valence-corrected chi connectivity index (χ3v) is 4.23. The van der Waals surface area contributed by atoms with E-state index in [4.69, 9.17) is 4.74 Å². The molecule has 2 aromatic carbocycles. The van der Waals surface area contributed by atoms with Crippen LogP contribution in [-0.2, 0) is 11.3 Å². The second-order valence-corrected chi connectivity index (χ2v) is 6.10. The summed E-state index contributed by atoms with van der Waals surface area (Å²) in [5.74, 6) is 0.328. The number of carbonyl (C=O) groups excluding carboxylic acids is 2. The SMILES string of the molecule is O=C1COc2ccc(C(=O)C[n+]3cccc(-c4ccccc4)c3)cc2N1.[Cl-]. The Kier molecular flexibility index (Phi) is 5.52. The average Bonchev–Trinajstić information content (AvgIpc) is 2.68. The largest absolute Gasteiger partial charge is 1.00 e. The van der Waals surface area contributed by atoms with Gasteiger partial charge in [0.25, 0.3) is 5.91 Å². The first-order chi connectivity index (χ1) is 12.7. The molecule has 5 nitrogen and oxygen atoms in total. The van der Waals surface area contributed by atoms with Gasteiger partial charge in [0.15, 0.2) is 19.0 Å². The van der Waals surface area contributed by atoms with Gasteiger partial charge in [0.05, 0.1) is 5.69 Å². The van der Waals surface area contributed by atoms with Gasteiger partial charge in [-0.05, 0) is 29.8 Å². The van der Waals surface area contributed by atoms with Gasteiger partial charge in [-0.3, -0.25) is 9.59 Å². The maximum Gasteiger partial charge on any atom is 0.262 e. The van der Waals surface area contributed by atoms with Gasteiger partial charge in [0, 0.05) is 17.2 Å². The van der Waals surface area contributed by atoms with Crippen LogP contribution in [0.4, 0.5) is 5.69 Å². The van der Waals surface area contributed by atoms with Crippen LogP contribution in [-0.4, -0.2) is 18.3 Å². The van der Waals surface area contributed by atoms with Crippen LogP contribution in [0.5, 0.6) is 5.75 Å². The summed E-state index contributed by atoms with van der Waals surface area (Å²) in [4.78, 5) is 24.1. The van der Waals surface area contributed by atoms with Crippen LogP contribution in [0.3, 0.4) is 0 Å². The van der Waals surface area contributed by atoms with Gasteiger partial charge in [-0.25, -0.2) is 0 Å². The summed E-state index contributed by atoms with van der Waals surface area (Å²) in [6, 6.07) is 19.1. The zero-order chi connectivity index (χ0) is 17.9. The molecule has 1 amide bonds. The van der Waals surface area contributed by atoms with E-state index in [0.717, 1.165) is 11.1 Å². The highest BCUT2D eigenvalue weighted by Crippen LogP contribution is 2.28. The van der Waals surface area contributed by atoms with Gasteiger partial charge in [0.1, 0.15) is 5.75 Å². The summed E-state index contributed by atoms with van der Waals surface area (Å²) >= 11 is 0. The second kappa shape index (κ2) is 8.01. The minimum absolute atomic E-state index is 0. The molecule has 6 heteroatoms. The normalized spacial score (nSPS) is 12.2. The van der Waals surface area contributed by atoms with E-state index in [9.17, 15) is 9.59 Å². The summed E-state index contributed by atoms with van der Waals surface area (Å²) in [5, 5.41) is 2.73. The van der Waals surface area contributed by atoms with Crippen LogP contribution in [0.25, 0.3) is 11.1 Å². The molecule has 0 fully saturated rings. The fraction of sp³-hybridized carbons (Fsp3) is 0.0952. The molecular formula is C21H17ClN2O3. The zero-order valence-electron chi connectivity index (χ0n) is 14.4. The van der Waals surface area contributed by atoms with Gasteiger partial charge in [0.2, 0.25) is 12.3 Å². The number of carbonyl (C=O) groups is 2. The quantitative estimate of drug-likeness (QED) is 0.506. The van der Waals surface area contributed by atoms with Gasteiger partial charge in [-0.15, -0.1) is 0 Å². The number of amides is 1. The number of anilines is 1. The minimum Gasteiger partial charge on any atom is -1.00 e. The lowest BCUT2D eigenvalue weighted by Crippen LogP contribution is -3.00. The van der Waals surface area contributed by atoms with Crippen LogP contribution < -0.4 is 27.0 Å². The molecule has 3 aromatic rings. The van der Waals surface area contributed by atoms with E-state index in [1.165, 1.54) is 0 Å². The van der Waals surface area contributed by atoms with E-state index < -0.39 is 0 Å². The summed E-state index contributed by atoms with van der Waals surface area (Å²) in [5.41, 5.74) is 3.22. The molecule has 0 unspecified atom stereocenters. The van der Waals surface area contributed by atoms with Gasteiger partial charge < -0.3 is 22.5 Å². The summed E-state index contributed by atoms with van der Waals surface area (Å²) in [6.07, 6.45) is 3.82. The number of nitrogens with one attached hydrogen (secondary N) is 1. The van der Waals surface area contributed by atoms with Crippen molar-refractivity contribution in [2.75, 3.05) is 11.9 Å². The van der Waals surface area contributed by atoms with E-state index in [1.807, 2.05) is 59.4 Å². The smallest absolute Gasteiger partial charge is 0.262 e. The Morgan fingerprint density at radius 2 is 1.81 bits per heavy atom. The van der Waals surface area contributed by atoms with Crippen LogP contribution in [0, 0.1) is 0 Å². The number of aromatic nitrogens is 1. The van der Waals surface area contributed by atoms with Gasteiger partial charge in [-0.1, -0.05) is 30.3 Å². The Morgan fingerprint density at radius 3 is 2.63 bits per heavy atom. The zero-order valence-corrected chi connectivity index (χ0v) is 15.1. The molecule has 0 bridgehead atoms. The van der Waals surface area contributed by atoms with Gasteiger partial charge >= 0.3 is 0 Å². The first-order valence-corrected chi connectivity index (χ1v) is 8.33. The van der Waals surface area contributed by atoms with Crippen molar-refractivity contribution in [3.05, 3.63) is 78.6 Å². The van der Waals surface area contributed by atoms with Crippen molar-refractivity contribution in [3.8, 4) is 16.9 Å². The number of Topliss-reactive ketones (excluding diaryl/α,β-unsaturated/α-hetero) is 1. The average molecular weight is 381 g/mol. The first kappa shape index (κ1) is 18.6. The Balaban J connectivity index is 0.00000210. The van der Waals surface area contributed by atoms with Crippen LogP contribution >= 0.6 is 0 Å². The molecule has 136 valence electrons. The maximum absolute atomic E-state index is 12.7. The monoisotopic (exact) mass is 380 g/mol. The first-order valence-electron chi connectivity index (χ1n) is 8.33. The van der Waals surface area contributed by atoms with Gasteiger partial charge in [-0.2, -0.15) is 4.57 Å². The van der Waals surface area contributed by atoms with Crippen molar-refractivity contribution in [3.63, 3.8) is 0 Å². The van der Waals surface area contributed by atoms with Crippen molar-refractivity contribution >= 4 is 17.4 Å². The Hall–Kier alpha value is -3.18. The summed E-state index contributed by atoms with van der Waals surface area (Å²) in [7, 11) is 0. The predicted molar refractivity (Wildman–Crippen MR) is 97.0 cm³/mol. The number of ketones is 1. The molecular weight excluding hydrogens is 364 g/mol. The highest BCUT2D eigenvalue weighted by atomic mass is 35.5. The Labute approximate surface area is 163 Å². The van der Waals surface area contributed by atoms with Crippen molar-refractivity contribution in [2.45, 2.75) is 6.54 Å². The highest BCUT2D eigenvalue weighted by Gasteiger charge is 2.19. The molecule has 0 spiro atoms. The van der Waals surface area contributed by atoms with Crippen LogP contribution in [0.2, 0.25) is 0 Å². The summed E-state index contributed by atoms with van der Waals surface area (Å²) in [6.45, 7) is 0.219. The number of ether oxygens (including phenoxy) is 1. The number of hydrogen-bond donors (Lipinski definition) is 1. The molecule has 1 aliphatic heterocycles. The molecule has 0 radical (unpaired) electrons. The third kappa shape index (κ3) is 4.15. The fourth-order valence-electron chi connectivity index (χ4n) is 2.94. The standard InChI is InChI=1S/C21H16N2O3.ClH/c24-19(16-8-9-20-18(11-16)22-21(25)14-26-20)13-23-10-4-7-17(12-23)15-5-2-1-3-6-15;/h1-12H,13-14H2;1H. The van der Waals surface area contributed by atoms with E-state index in [1.54, 1.807) is 18.2 Å². The number of fused-ring (bicyclic) bond motifs is 1. The molecule has 1 aliphatic rings. The van der Waals surface area contributed by atoms with E-state index in [2.05, 4.69) is 5.32 Å². The lowest BCUT2D eigenvalue weighted by atomic mass is 10.1. The maximum atomic E-state index is 12.7.